The van der Waals surface area contributed by atoms with E-state index in [2.05, 4.69) is 32.6 Å². The van der Waals surface area contributed by atoms with E-state index >= 15 is 0 Å². The number of hydrogen-bond donors (Lipinski definition) is 0. The molecule has 2 heteroatoms. The second kappa shape index (κ2) is 19.3. The Kier molecular flexibility index (Phi) is 16.7. The zero-order chi connectivity index (χ0) is 24.3. The van der Waals surface area contributed by atoms with E-state index in [9.17, 15) is 0 Å². The van der Waals surface area contributed by atoms with Gasteiger partial charge < -0.3 is 9.47 Å². The summed E-state index contributed by atoms with van der Waals surface area (Å²) in [5, 5.41) is 0. The molecule has 0 saturated carbocycles. The lowest BCUT2D eigenvalue weighted by molar-refractivity contribution is 0.0143. The molecule has 2 nitrogen and oxygen atoms in total. The number of rotatable bonds is 21. The molecule has 1 fully saturated rings. The molecule has 196 valence electrons. The quantitative estimate of drug-likeness (QED) is 0.122. The summed E-state index contributed by atoms with van der Waals surface area (Å²) >= 11 is 0. The summed E-state index contributed by atoms with van der Waals surface area (Å²) in [6.45, 7) is 10.2. The molecule has 0 bridgehead atoms. The Bertz CT molecular complexity index is 576. The molecule has 0 aromatic carbocycles. The van der Waals surface area contributed by atoms with Crippen molar-refractivity contribution in [2.75, 3.05) is 13.2 Å². The molecule has 1 aliphatic carbocycles. The molecule has 0 aromatic rings. The number of unbranched alkanes of at least 4 members (excludes halogenated alkanes) is 12. The predicted octanol–water partition coefficient (Wildman–Crippen LogP) is 9.89. The predicted molar refractivity (Wildman–Crippen MR) is 148 cm³/mol. The molecular formula is C32H56O2. The first-order chi connectivity index (χ1) is 16.8. The minimum absolute atomic E-state index is 0.333. The van der Waals surface area contributed by atoms with Crippen LogP contribution in [0.4, 0.5) is 0 Å². The fourth-order valence-electron chi connectivity index (χ4n) is 5.52. The Labute approximate surface area is 212 Å². The Hall–Kier alpha value is -0.860. The summed E-state index contributed by atoms with van der Waals surface area (Å²) in [7, 11) is 0. The largest absolute Gasteiger partial charge is 0.374 e. The van der Waals surface area contributed by atoms with Crippen molar-refractivity contribution >= 4 is 0 Å². The maximum absolute atomic E-state index is 6.39. The van der Waals surface area contributed by atoms with Gasteiger partial charge in [0.15, 0.2) is 0 Å². The van der Waals surface area contributed by atoms with Crippen LogP contribution in [0.1, 0.15) is 136 Å². The van der Waals surface area contributed by atoms with Crippen molar-refractivity contribution in [2.45, 2.75) is 148 Å². The lowest BCUT2D eigenvalue weighted by atomic mass is 9.81. The zero-order valence-electron chi connectivity index (χ0n) is 22.8. The molecule has 3 atom stereocenters. The van der Waals surface area contributed by atoms with Crippen LogP contribution in [0.2, 0.25) is 0 Å². The molecule has 0 spiro atoms. The fraction of sp³-hybridized carbons (Fsp3) is 0.812. The van der Waals surface area contributed by atoms with Crippen LogP contribution in [0.5, 0.6) is 0 Å². The van der Waals surface area contributed by atoms with Gasteiger partial charge in [-0.25, -0.2) is 0 Å². The van der Waals surface area contributed by atoms with Crippen molar-refractivity contribution in [3.05, 3.63) is 36.0 Å². The summed E-state index contributed by atoms with van der Waals surface area (Å²) < 4.78 is 12.6. The van der Waals surface area contributed by atoms with Crippen molar-refractivity contribution < 1.29 is 9.47 Å². The lowest BCUT2D eigenvalue weighted by Crippen LogP contribution is -2.30. The van der Waals surface area contributed by atoms with Gasteiger partial charge in [-0.1, -0.05) is 122 Å². The number of fused-ring (bicyclic) bond motifs is 1. The van der Waals surface area contributed by atoms with Crippen molar-refractivity contribution in [1.29, 1.82) is 0 Å². The van der Waals surface area contributed by atoms with E-state index in [-0.39, 0.29) is 0 Å². The molecule has 1 unspecified atom stereocenters. The third kappa shape index (κ3) is 12.7. The summed E-state index contributed by atoms with van der Waals surface area (Å²) in [5.74, 6) is 0.674. The summed E-state index contributed by atoms with van der Waals surface area (Å²) in [5.41, 5.74) is 2.98. The van der Waals surface area contributed by atoms with Gasteiger partial charge in [-0.05, 0) is 49.2 Å². The van der Waals surface area contributed by atoms with Crippen LogP contribution in [0.3, 0.4) is 0 Å². The van der Waals surface area contributed by atoms with Crippen LogP contribution < -0.4 is 0 Å². The van der Waals surface area contributed by atoms with E-state index in [1.165, 1.54) is 127 Å². The molecule has 0 aromatic heterocycles. The van der Waals surface area contributed by atoms with Crippen LogP contribution in [0.15, 0.2) is 36.0 Å². The standard InChI is InChI=1S/C32H56O2/c1-4-7-9-11-13-15-17-20-31(19-6-3)33-26-28-22-23-29-27-34-32(25-30(29)24-28)21-18-16-14-12-10-8-5-2/h6,22-23,30-32H,3-5,7-21,24-27H2,1-2H3/t30-,31?,32+/m0/s1. The first kappa shape index (κ1) is 29.4. The van der Waals surface area contributed by atoms with Crippen molar-refractivity contribution in [3.63, 3.8) is 0 Å². The molecule has 2 aliphatic rings. The molecule has 1 aliphatic heterocycles. The van der Waals surface area contributed by atoms with Crippen molar-refractivity contribution in [2.24, 2.45) is 5.92 Å². The van der Waals surface area contributed by atoms with Gasteiger partial charge in [0.05, 0.1) is 25.4 Å². The highest BCUT2D eigenvalue weighted by atomic mass is 16.5. The third-order valence-corrected chi connectivity index (χ3v) is 7.79. The minimum Gasteiger partial charge on any atom is -0.374 e. The van der Waals surface area contributed by atoms with Gasteiger partial charge in [-0.2, -0.15) is 0 Å². The fourth-order valence-corrected chi connectivity index (χ4v) is 5.52. The maximum atomic E-state index is 6.39. The highest BCUT2D eigenvalue weighted by Gasteiger charge is 2.28. The Morgan fingerprint density at radius 3 is 2.24 bits per heavy atom. The highest BCUT2D eigenvalue weighted by molar-refractivity contribution is 5.28. The summed E-state index contributed by atoms with van der Waals surface area (Å²) in [6, 6.07) is 0. The molecule has 1 saturated heterocycles. The Balaban J connectivity index is 1.63. The number of allylic oxidation sites excluding steroid dienone is 2. The van der Waals surface area contributed by atoms with Crippen molar-refractivity contribution in [1.82, 2.24) is 0 Å². The molecule has 0 radical (unpaired) electrons. The van der Waals surface area contributed by atoms with Crippen LogP contribution in [-0.2, 0) is 9.47 Å². The van der Waals surface area contributed by atoms with Gasteiger partial charge in [0.1, 0.15) is 0 Å². The van der Waals surface area contributed by atoms with Crippen LogP contribution in [0, 0.1) is 5.92 Å². The normalized spacial score (nSPS) is 21.0. The van der Waals surface area contributed by atoms with E-state index in [1.54, 1.807) is 0 Å². The van der Waals surface area contributed by atoms with Gasteiger partial charge in [0.2, 0.25) is 0 Å². The van der Waals surface area contributed by atoms with Gasteiger partial charge in [-0.3, -0.25) is 0 Å². The minimum atomic E-state index is 0.333. The molecule has 2 rings (SSSR count). The molecule has 34 heavy (non-hydrogen) atoms. The van der Waals surface area contributed by atoms with Crippen LogP contribution in [-0.4, -0.2) is 25.4 Å². The molecule has 0 N–H and O–H groups in total. The highest BCUT2D eigenvalue weighted by Crippen LogP contribution is 2.35. The smallest absolute Gasteiger partial charge is 0.0686 e. The number of ether oxygens (including phenoxy) is 2. The summed E-state index contributed by atoms with van der Waals surface area (Å²) in [6.07, 6.45) is 32.4. The SMILES string of the molecule is C=CCC(CCCCCCCCC)OCC1=CC=C2CO[C@H](CCCCCCCCC)C[C@@H]2C1. The van der Waals surface area contributed by atoms with Gasteiger partial charge in [-0.15, -0.1) is 6.58 Å². The first-order valence-electron chi connectivity index (χ1n) is 15.0. The van der Waals surface area contributed by atoms with Gasteiger partial charge in [0, 0.05) is 0 Å². The summed E-state index contributed by atoms with van der Waals surface area (Å²) in [4.78, 5) is 0. The third-order valence-electron chi connectivity index (χ3n) is 7.79. The first-order valence-corrected chi connectivity index (χ1v) is 15.0. The van der Waals surface area contributed by atoms with Crippen LogP contribution >= 0.6 is 0 Å². The number of hydrogen-bond acceptors (Lipinski definition) is 2. The van der Waals surface area contributed by atoms with E-state index < -0.39 is 0 Å². The van der Waals surface area contributed by atoms with E-state index in [4.69, 9.17) is 9.47 Å². The Morgan fingerprint density at radius 1 is 0.912 bits per heavy atom. The second-order valence-corrected chi connectivity index (χ2v) is 10.9. The zero-order valence-corrected chi connectivity index (χ0v) is 22.8. The monoisotopic (exact) mass is 472 g/mol. The Morgan fingerprint density at radius 2 is 1.56 bits per heavy atom. The van der Waals surface area contributed by atoms with Crippen molar-refractivity contribution in [3.8, 4) is 0 Å². The molecular weight excluding hydrogens is 416 g/mol. The van der Waals surface area contributed by atoms with E-state index in [1.807, 2.05) is 6.08 Å². The van der Waals surface area contributed by atoms with E-state index in [0.717, 1.165) is 19.6 Å². The average Bonchev–Trinajstić information content (AvgIpc) is 2.85. The topological polar surface area (TPSA) is 18.5 Å². The van der Waals surface area contributed by atoms with Gasteiger partial charge in [0.25, 0.3) is 0 Å². The molecule has 1 heterocycles. The van der Waals surface area contributed by atoms with E-state index in [0.29, 0.717) is 18.1 Å². The second-order valence-electron chi connectivity index (χ2n) is 10.9. The lowest BCUT2D eigenvalue weighted by Gasteiger charge is -2.34. The van der Waals surface area contributed by atoms with Crippen LogP contribution in [0.25, 0.3) is 0 Å². The molecule has 0 amide bonds. The maximum Gasteiger partial charge on any atom is 0.0686 e. The average molecular weight is 473 g/mol. The van der Waals surface area contributed by atoms with Gasteiger partial charge >= 0.3 is 0 Å².